The van der Waals surface area contributed by atoms with Gasteiger partial charge in [0.15, 0.2) is 0 Å². The van der Waals surface area contributed by atoms with Gasteiger partial charge in [-0.15, -0.1) is 0 Å². The summed E-state index contributed by atoms with van der Waals surface area (Å²) in [4.78, 5) is 4.72. The molecule has 3 heterocycles. The van der Waals surface area contributed by atoms with E-state index in [0.717, 1.165) is 52.2 Å². The van der Waals surface area contributed by atoms with Crippen LogP contribution in [0, 0.1) is 0 Å². The van der Waals surface area contributed by atoms with Gasteiger partial charge in [-0.1, -0.05) is 15.9 Å². The van der Waals surface area contributed by atoms with Crippen molar-refractivity contribution in [3.05, 3.63) is 29.0 Å². The van der Waals surface area contributed by atoms with Crippen molar-refractivity contribution in [2.75, 3.05) is 6.61 Å². The molecule has 5 nitrogen and oxygen atoms in total. The minimum absolute atomic E-state index is 0.734. The summed E-state index contributed by atoms with van der Waals surface area (Å²) in [6, 6.07) is 4.03. The van der Waals surface area contributed by atoms with Gasteiger partial charge >= 0.3 is 0 Å². The van der Waals surface area contributed by atoms with E-state index in [2.05, 4.69) is 30.7 Å². The Hall–Kier alpha value is -1.82. The number of rotatable bonds is 1. The molecule has 96 valence electrons. The SMILES string of the molecule is Brc1cc2c3c(c1)nc(-c1cn[nH]c1)n3CCCO2. The van der Waals surface area contributed by atoms with E-state index in [9.17, 15) is 0 Å². The molecule has 2 aromatic heterocycles. The second kappa shape index (κ2) is 4.09. The van der Waals surface area contributed by atoms with E-state index in [-0.39, 0.29) is 0 Å². The normalized spacial score (nSPS) is 14.4. The lowest BCUT2D eigenvalue weighted by molar-refractivity contribution is 0.315. The van der Waals surface area contributed by atoms with Crippen LogP contribution in [-0.2, 0) is 6.54 Å². The Kier molecular flexibility index (Phi) is 2.38. The smallest absolute Gasteiger partial charge is 0.146 e. The highest BCUT2D eigenvalue weighted by Gasteiger charge is 2.19. The Morgan fingerprint density at radius 1 is 1.37 bits per heavy atom. The minimum atomic E-state index is 0.734. The summed E-state index contributed by atoms with van der Waals surface area (Å²) in [6.45, 7) is 1.64. The highest BCUT2D eigenvalue weighted by molar-refractivity contribution is 9.10. The van der Waals surface area contributed by atoms with Gasteiger partial charge in [-0.2, -0.15) is 5.10 Å². The van der Waals surface area contributed by atoms with Crippen LogP contribution in [0.1, 0.15) is 6.42 Å². The Morgan fingerprint density at radius 3 is 3.16 bits per heavy atom. The molecule has 1 aliphatic rings. The average molecular weight is 319 g/mol. The van der Waals surface area contributed by atoms with E-state index in [4.69, 9.17) is 9.72 Å². The maximum atomic E-state index is 5.82. The van der Waals surface area contributed by atoms with E-state index < -0.39 is 0 Å². The molecule has 4 rings (SSSR count). The molecule has 0 saturated heterocycles. The second-order valence-corrected chi connectivity index (χ2v) is 5.46. The lowest BCUT2D eigenvalue weighted by Gasteiger charge is -2.05. The Labute approximate surface area is 117 Å². The summed E-state index contributed by atoms with van der Waals surface area (Å²) in [6.07, 6.45) is 4.64. The number of nitrogens with one attached hydrogen (secondary N) is 1. The van der Waals surface area contributed by atoms with E-state index in [1.165, 1.54) is 0 Å². The van der Waals surface area contributed by atoms with Crippen molar-refractivity contribution < 1.29 is 4.74 Å². The Balaban J connectivity index is 2.08. The zero-order chi connectivity index (χ0) is 12.8. The monoisotopic (exact) mass is 318 g/mol. The van der Waals surface area contributed by atoms with Crippen LogP contribution in [0.25, 0.3) is 22.4 Å². The maximum Gasteiger partial charge on any atom is 0.146 e. The van der Waals surface area contributed by atoms with Crippen molar-refractivity contribution in [3.63, 3.8) is 0 Å². The quantitative estimate of drug-likeness (QED) is 0.750. The van der Waals surface area contributed by atoms with Crippen LogP contribution in [0.2, 0.25) is 0 Å². The van der Waals surface area contributed by atoms with Gasteiger partial charge in [0.05, 0.1) is 23.9 Å². The van der Waals surface area contributed by atoms with Crippen LogP contribution >= 0.6 is 15.9 Å². The number of ether oxygens (including phenoxy) is 1. The van der Waals surface area contributed by atoms with Crippen LogP contribution in [0.5, 0.6) is 5.75 Å². The number of aromatic amines is 1. The molecule has 0 spiro atoms. The first kappa shape index (κ1) is 11.0. The van der Waals surface area contributed by atoms with E-state index in [1.54, 1.807) is 6.20 Å². The Morgan fingerprint density at radius 2 is 2.32 bits per heavy atom. The summed E-state index contributed by atoms with van der Waals surface area (Å²) in [5, 5.41) is 6.85. The fourth-order valence-electron chi connectivity index (χ4n) is 2.52. The molecule has 0 unspecified atom stereocenters. The number of nitrogens with zero attached hydrogens (tertiary/aromatic N) is 3. The predicted molar refractivity (Wildman–Crippen MR) is 75.1 cm³/mol. The third-order valence-corrected chi connectivity index (χ3v) is 3.77. The number of aryl methyl sites for hydroxylation is 1. The molecular formula is C13H11BrN4O. The number of hydrogen-bond acceptors (Lipinski definition) is 3. The first-order valence-electron chi connectivity index (χ1n) is 6.14. The number of benzene rings is 1. The van der Waals surface area contributed by atoms with E-state index in [1.807, 2.05) is 18.3 Å². The lowest BCUT2D eigenvalue weighted by Crippen LogP contribution is -2.00. The lowest BCUT2D eigenvalue weighted by atomic mass is 10.3. The van der Waals surface area contributed by atoms with Crippen molar-refractivity contribution in [1.29, 1.82) is 0 Å². The second-order valence-electron chi connectivity index (χ2n) is 4.55. The maximum absolute atomic E-state index is 5.82. The largest absolute Gasteiger partial charge is 0.491 e. The highest BCUT2D eigenvalue weighted by atomic mass is 79.9. The Bertz CT molecular complexity index is 748. The molecule has 0 amide bonds. The molecule has 0 fully saturated rings. The predicted octanol–water partition coefficient (Wildman–Crippen LogP) is 2.97. The minimum Gasteiger partial charge on any atom is -0.491 e. The molecule has 1 aliphatic heterocycles. The molecule has 0 saturated carbocycles. The van der Waals surface area contributed by atoms with Crippen LogP contribution in [-0.4, -0.2) is 26.4 Å². The summed E-state index contributed by atoms with van der Waals surface area (Å²) in [7, 11) is 0. The fraction of sp³-hybridized carbons (Fsp3) is 0.231. The van der Waals surface area contributed by atoms with Gasteiger partial charge in [0.1, 0.15) is 17.1 Å². The van der Waals surface area contributed by atoms with Crippen molar-refractivity contribution in [3.8, 4) is 17.1 Å². The first-order chi connectivity index (χ1) is 9.33. The topological polar surface area (TPSA) is 55.7 Å². The van der Waals surface area contributed by atoms with E-state index in [0.29, 0.717) is 0 Å². The molecule has 6 heteroatoms. The molecule has 0 atom stereocenters. The number of aromatic nitrogens is 4. The summed E-state index contributed by atoms with van der Waals surface area (Å²) < 4.78 is 9.02. The van der Waals surface area contributed by atoms with Gasteiger partial charge in [-0.25, -0.2) is 4.98 Å². The van der Waals surface area contributed by atoms with Crippen molar-refractivity contribution in [1.82, 2.24) is 19.7 Å². The zero-order valence-corrected chi connectivity index (χ0v) is 11.6. The third-order valence-electron chi connectivity index (χ3n) is 3.31. The van der Waals surface area contributed by atoms with E-state index >= 15 is 0 Å². The first-order valence-corrected chi connectivity index (χ1v) is 6.94. The van der Waals surface area contributed by atoms with Gasteiger partial charge in [0.2, 0.25) is 0 Å². The van der Waals surface area contributed by atoms with Crippen LogP contribution in [0.4, 0.5) is 0 Å². The van der Waals surface area contributed by atoms with Crippen LogP contribution in [0.3, 0.4) is 0 Å². The van der Waals surface area contributed by atoms with Crippen molar-refractivity contribution >= 4 is 27.0 Å². The molecule has 0 bridgehead atoms. The highest BCUT2D eigenvalue weighted by Crippen LogP contribution is 2.35. The van der Waals surface area contributed by atoms with Gasteiger partial charge in [0, 0.05) is 17.2 Å². The number of H-pyrrole nitrogens is 1. The third kappa shape index (κ3) is 1.67. The molecule has 0 aliphatic carbocycles. The molecule has 1 N–H and O–H groups in total. The zero-order valence-electron chi connectivity index (χ0n) is 10.1. The number of imidazole rings is 1. The molecule has 19 heavy (non-hydrogen) atoms. The standard InChI is InChI=1S/C13H11BrN4O/c14-9-4-10-12-11(5-9)19-3-1-2-18(12)13(17-10)8-6-15-16-7-8/h4-7H,1-3H2,(H,15,16). The molecular weight excluding hydrogens is 308 g/mol. The summed E-state index contributed by atoms with van der Waals surface area (Å²) in [5.41, 5.74) is 3.01. The van der Waals surface area contributed by atoms with Crippen molar-refractivity contribution in [2.45, 2.75) is 13.0 Å². The number of hydrogen-bond donors (Lipinski definition) is 1. The molecule has 3 aromatic rings. The summed E-state index contributed by atoms with van der Waals surface area (Å²) >= 11 is 3.51. The van der Waals surface area contributed by atoms with Gasteiger partial charge < -0.3 is 9.30 Å². The van der Waals surface area contributed by atoms with Gasteiger partial charge in [-0.3, -0.25) is 5.10 Å². The van der Waals surface area contributed by atoms with Gasteiger partial charge in [-0.05, 0) is 18.6 Å². The molecule has 0 radical (unpaired) electrons. The summed E-state index contributed by atoms with van der Waals surface area (Å²) in [5.74, 6) is 1.83. The number of halogens is 1. The average Bonchev–Trinajstić information content (AvgIpc) is 2.96. The van der Waals surface area contributed by atoms with Crippen LogP contribution < -0.4 is 4.74 Å². The fourth-order valence-corrected chi connectivity index (χ4v) is 2.95. The van der Waals surface area contributed by atoms with Crippen LogP contribution in [0.15, 0.2) is 29.0 Å². The van der Waals surface area contributed by atoms with Crippen molar-refractivity contribution in [2.24, 2.45) is 0 Å². The van der Waals surface area contributed by atoms with Gasteiger partial charge in [0.25, 0.3) is 0 Å². The molecule has 1 aromatic carbocycles.